The third kappa shape index (κ3) is 5.11. The molecule has 1 aromatic carbocycles. The van der Waals surface area contributed by atoms with Crippen molar-refractivity contribution in [1.82, 2.24) is 5.32 Å². The summed E-state index contributed by atoms with van der Waals surface area (Å²) in [5.41, 5.74) is -3.82. The number of halogens is 4. The summed E-state index contributed by atoms with van der Waals surface area (Å²) in [5.74, 6) is -0.292. The molecule has 0 radical (unpaired) electrons. The van der Waals surface area contributed by atoms with E-state index in [1.165, 1.54) is 24.3 Å². The second-order valence-corrected chi connectivity index (χ2v) is 6.54. The van der Waals surface area contributed by atoms with E-state index in [0.717, 1.165) is 25.7 Å². The summed E-state index contributed by atoms with van der Waals surface area (Å²) in [5, 5.41) is 1.99. The van der Waals surface area contributed by atoms with Crippen LogP contribution in [0.1, 0.15) is 36.6 Å². The molecule has 21 heavy (non-hydrogen) atoms. The Hall–Kier alpha value is -0.880. The van der Waals surface area contributed by atoms with Crippen LogP contribution in [0, 0.1) is 0 Å². The fraction of sp³-hybridized carbons (Fsp3) is 0.500. The number of carbonyl (C=O) groups excluding carboxylic acids is 1. The highest BCUT2D eigenvalue weighted by Crippen LogP contribution is 2.37. The molecule has 1 saturated carbocycles. The first-order valence-electron chi connectivity index (χ1n) is 6.65. The van der Waals surface area contributed by atoms with Crippen LogP contribution in [-0.2, 0) is 4.79 Å². The van der Waals surface area contributed by atoms with Crippen molar-refractivity contribution in [3.8, 4) is 0 Å². The summed E-state index contributed by atoms with van der Waals surface area (Å²) in [6.07, 6.45) is 4.11. The van der Waals surface area contributed by atoms with Crippen molar-refractivity contribution in [1.29, 1.82) is 0 Å². The van der Waals surface area contributed by atoms with Crippen molar-refractivity contribution in [2.75, 3.05) is 0 Å². The average Bonchev–Trinajstić information content (AvgIpc) is 2.90. The fourth-order valence-electron chi connectivity index (χ4n) is 2.33. The highest BCUT2D eigenvalue weighted by molar-refractivity contribution is 8.00. The minimum atomic E-state index is -4.32. The van der Waals surface area contributed by atoms with Crippen LogP contribution in [0.2, 0.25) is 0 Å². The molecule has 0 aliphatic heterocycles. The molecule has 116 valence electrons. The SMILES string of the molecule is O=C(NC1CCCC1)C(Cl)c1ccc(SC(F)(F)F)cc1. The zero-order chi connectivity index (χ0) is 15.5. The number of benzene rings is 1. The van der Waals surface area contributed by atoms with E-state index in [0.29, 0.717) is 5.56 Å². The summed E-state index contributed by atoms with van der Waals surface area (Å²) in [4.78, 5) is 12.1. The molecule has 1 unspecified atom stereocenters. The summed E-state index contributed by atoms with van der Waals surface area (Å²) in [6, 6.07) is 5.73. The van der Waals surface area contributed by atoms with E-state index in [2.05, 4.69) is 5.32 Å². The molecule has 1 aliphatic carbocycles. The minimum absolute atomic E-state index is 0.0753. The molecule has 0 heterocycles. The Bertz CT molecular complexity index is 486. The summed E-state index contributed by atoms with van der Waals surface area (Å²) in [6.45, 7) is 0. The standard InChI is InChI=1S/C14H15ClF3NOS/c15-12(13(20)19-10-3-1-2-4-10)9-5-7-11(8-6-9)21-14(16,17)18/h5-8,10,12H,1-4H2,(H,19,20). The summed E-state index contributed by atoms with van der Waals surface area (Å²) < 4.78 is 36.7. The number of alkyl halides is 4. The van der Waals surface area contributed by atoms with Gasteiger partial charge in [-0.05, 0) is 42.3 Å². The van der Waals surface area contributed by atoms with Crippen LogP contribution in [0.25, 0.3) is 0 Å². The van der Waals surface area contributed by atoms with E-state index in [4.69, 9.17) is 11.6 Å². The lowest BCUT2D eigenvalue weighted by Gasteiger charge is -2.16. The zero-order valence-electron chi connectivity index (χ0n) is 11.1. The first kappa shape index (κ1) is 16.5. The second kappa shape index (κ2) is 6.92. The Kier molecular flexibility index (Phi) is 5.43. The maximum atomic E-state index is 12.2. The Morgan fingerprint density at radius 3 is 2.33 bits per heavy atom. The molecule has 7 heteroatoms. The number of thioether (sulfide) groups is 1. The largest absolute Gasteiger partial charge is 0.446 e. The molecule has 1 N–H and O–H groups in total. The number of hydrogen-bond acceptors (Lipinski definition) is 2. The molecule has 0 aromatic heterocycles. The van der Waals surface area contributed by atoms with Gasteiger partial charge >= 0.3 is 5.51 Å². The van der Waals surface area contributed by atoms with Crippen molar-refractivity contribution in [2.45, 2.75) is 47.5 Å². The zero-order valence-corrected chi connectivity index (χ0v) is 12.7. The predicted molar refractivity (Wildman–Crippen MR) is 77.3 cm³/mol. The van der Waals surface area contributed by atoms with Crippen LogP contribution in [0.5, 0.6) is 0 Å². The van der Waals surface area contributed by atoms with Gasteiger partial charge in [-0.15, -0.1) is 11.6 Å². The molecule has 1 fully saturated rings. The van der Waals surface area contributed by atoms with Crippen molar-refractivity contribution in [3.05, 3.63) is 29.8 Å². The second-order valence-electron chi connectivity index (χ2n) is 4.97. The van der Waals surface area contributed by atoms with Crippen LogP contribution in [0.15, 0.2) is 29.2 Å². The maximum Gasteiger partial charge on any atom is 0.446 e. The Morgan fingerprint density at radius 1 is 1.24 bits per heavy atom. The van der Waals surface area contributed by atoms with Gasteiger partial charge in [-0.2, -0.15) is 13.2 Å². The van der Waals surface area contributed by atoms with Gasteiger partial charge in [-0.1, -0.05) is 25.0 Å². The Morgan fingerprint density at radius 2 is 1.81 bits per heavy atom. The number of carbonyl (C=O) groups is 1. The highest BCUT2D eigenvalue weighted by Gasteiger charge is 2.29. The van der Waals surface area contributed by atoms with Crippen molar-refractivity contribution >= 4 is 29.3 Å². The van der Waals surface area contributed by atoms with Gasteiger partial charge in [0.2, 0.25) is 5.91 Å². The normalized spacial score (nSPS) is 17.7. The van der Waals surface area contributed by atoms with Gasteiger partial charge < -0.3 is 5.32 Å². The maximum absolute atomic E-state index is 12.2. The van der Waals surface area contributed by atoms with E-state index < -0.39 is 10.9 Å². The van der Waals surface area contributed by atoms with Crippen LogP contribution < -0.4 is 5.32 Å². The van der Waals surface area contributed by atoms with Gasteiger partial charge in [0.25, 0.3) is 0 Å². The summed E-state index contributed by atoms with van der Waals surface area (Å²) in [7, 11) is 0. The smallest absolute Gasteiger partial charge is 0.352 e. The van der Waals surface area contributed by atoms with E-state index in [1.54, 1.807) is 0 Å². The van der Waals surface area contributed by atoms with Gasteiger partial charge in [-0.25, -0.2) is 0 Å². The molecule has 1 atom stereocenters. The van der Waals surface area contributed by atoms with E-state index in [9.17, 15) is 18.0 Å². The minimum Gasteiger partial charge on any atom is -0.352 e. The topological polar surface area (TPSA) is 29.1 Å². The number of nitrogens with one attached hydrogen (secondary N) is 1. The van der Waals surface area contributed by atoms with Crippen molar-refractivity contribution in [2.24, 2.45) is 0 Å². The van der Waals surface area contributed by atoms with Gasteiger partial charge in [0.05, 0.1) is 0 Å². The van der Waals surface area contributed by atoms with Crippen LogP contribution in [0.4, 0.5) is 13.2 Å². The molecule has 1 amide bonds. The van der Waals surface area contributed by atoms with Crippen molar-refractivity contribution < 1.29 is 18.0 Å². The number of hydrogen-bond donors (Lipinski definition) is 1. The van der Waals surface area contributed by atoms with E-state index >= 15 is 0 Å². The van der Waals surface area contributed by atoms with Gasteiger partial charge in [0, 0.05) is 10.9 Å². The Balaban J connectivity index is 1.95. The number of amides is 1. The summed E-state index contributed by atoms with van der Waals surface area (Å²) >= 11 is 5.89. The first-order chi connectivity index (χ1) is 9.85. The lowest BCUT2D eigenvalue weighted by molar-refractivity contribution is -0.121. The van der Waals surface area contributed by atoms with Gasteiger partial charge in [0.15, 0.2) is 0 Å². The van der Waals surface area contributed by atoms with Crippen LogP contribution in [0.3, 0.4) is 0 Å². The lowest BCUT2D eigenvalue weighted by Crippen LogP contribution is -2.34. The monoisotopic (exact) mass is 337 g/mol. The molecular weight excluding hydrogens is 323 g/mol. The molecule has 2 nitrogen and oxygen atoms in total. The quantitative estimate of drug-likeness (QED) is 0.640. The third-order valence-corrected chi connectivity index (χ3v) is 4.53. The first-order valence-corrected chi connectivity index (χ1v) is 7.90. The van der Waals surface area contributed by atoms with Crippen LogP contribution >= 0.6 is 23.4 Å². The molecule has 0 bridgehead atoms. The van der Waals surface area contributed by atoms with E-state index in [-0.39, 0.29) is 28.6 Å². The van der Waals surface area contributed by atoms with Crippen molar-refractivity contribution in [3.63, 3.8) is 0 Å². The predicted octanol–water partition coefficient (Wildman–Crippen LogP) is 4.64. The molecular formula is C14H15ClF3NOS. The molecule has 0 saturated heterocycles. The Labute approximate surface area is 130 Å². The molecule has 2 rings (SSSR count). The molecule has 1 aromatic rings. The molecule has 0 spiro atoms. The average molecular weight is 338 g/mol. The van der Waals surface area contributed by atoms with Gasteiger partial charge in [-0.3, -0.25) is 4.79 Å². The van der Waals surface area contributed by atoms with E-state index in [1.807, 2.05) is 0 Å². The third-order valence-electron chi connectivity index (χ3n) is 3.34. The number of rotatable bonds is 4. The van der Waals surface area contributed by atoms with Crippen LogP contribution in [-0.4, -0.2) is 17.5 Å². The lowest BCUT2D eigenvalue weighted by atomic mass is 10.1. The van der Waals surface area contributed by atoms with Gasteiger partial charge in [0.1, 0.15) is 5.38 Å². The molecule has 1 aliphatic rings. The highest BCUT2D eigenvalue weighted by atomic mass is 35.5. The fourth-order valence-corrected chi connectivity index (χ4v) is 3.08.